The molecule has 0 unspecified atom stereocenters. The van der Waals surface area contributed by atoms with Crippen LogP contribution in [0.2, 0.25) is 0 Å². The zero-order chi connectivity index (χ0) is 17.6. The smallest absolute Gasteiger partial charge is 0.238 e. The fourth-order valence-electron chi connectivity index (χ4n) is 2.60. The molecule has 0 fully saturated rings. The van der Waals surface area contributed by atoms with E-state index in [9.17, 15) is 9.18 Å². The third-order valence-electron chi connectivity index (χ3n) is 3.92. The Morgan fingerprint density at radius 3 is 2.52 bits per heavy atom. The van der Waals surface area contributed by atoms with Crippen LogP contribution in [0.5, 0.6) is 0 Å². The maximum absolute atomic E-state index is 13.2. The molecule has 0 spiro atoms. The lowest BCUT2D eigenvalue weighted by molar-refractivity contribution is -0.115. The van der Waals surface area contributed by atoms with E-state index in [2.05, 4.69) is 10.6 Å². The second kappa shape index (κ2) is 8.05. The minimum atomic E-state index is -0.272. The van der Waals surface area contributed by atoms with Gasteiger partial charge in [-0.25, -0.2) is 4.39 Å². The third kappa shape index (κ3) is 4.53. The van der Waals surface area contributed by atoms with Crippen LogP contribution in [-0.2, 0) is 4.79 Å². The number of para-hydroxylation sites is 1. The van der Waals surface area contributed by atoms with Gasteiger partial charge in [-0.2, -0.15) is 0 Å². The molecule has 3 rings (SSSR count). The van der Waals surface area contributed by atoms with Crippen molar-refractivity contribution in [2.24, 2.45) is 0 Å². The van der Waals surface area contributed by atoms with Crippen LogP contribution in [0.4, 0.5) is 10.1 Å². The maximum atomic E-state index is 13.2. The molecular weight excluding hydrogens is 335 g/mol. The molecule has 0 radical (unpaired) electrons. The van der Waals surface area contributed by atoms with Crippen molar-refractivity contribution in [1.82, 2.24) is 5.32 Å². The summed E-state index contributed by atoms with van der Waals surface area (Å²) < 4.78 is 13.2. The van der Waals surface area contributed by atoms with Crippen LogP contribution in [0.1, 0.15) is 22.0 Å². The average molecular weight is 354 g/mol. The molecule has 0 aliphatic rings. The molecule has 3 nitrogen and oxygen atoms in total. The molecular formula is C20H19FN2OS. The lowest BCUT2D eigenvalue weighted by Crippen LogP contribution is -2.31. The van der Waals surface area contributed by atoms with Gasteiger partial charge in [-0.3, -0.25) is 10.1 Å². The Morgan fingerprint density at radius 2 is 1.84 bits per heavy atom. The number of benzene rings is 2. The first-order valence-electron chi connectivity index (χ1n) is 8.01. The summed E-state index contributed by atoms with van der Waals surface area (Å²) in [5, 5.41) is 8.17. The van der Waals surface area contributed by atoms with Crippen molar-refractivity contribution in [2.45, 2.75) is 13.0 Å². The van der Waals surface area contributed by atoms with Gasteiger partial charge in [-0.05, 0) is 47.7 Å². The normalized spacial score (nSPS) is 11.9. The minimum Gasteiger partial charge on any atom is -0.325 e. The van der Waals surface area contributed by atoms with E-state index in [1.165, 1.54) is 12.1 Å². The van der Waals surface area contributed by atoms with E-state index in [-0.39, 0.29) is 24.3 Å². The van der Waals surface area contributed by atoms with Crippen molar-refractivity contribution in [2.75, 3.05) is 11.9 Å². The van der Waals surface area contributed by atoms with Gasteiger partial charge in [-0.15, -0.1) is 11.3 Å². The van der Waals surface area contributed by atoms with Crippen LogP contribution in [0, 0.1) is 12.7 Å². The molecule has 0 saturated heterocycles. The SMILES string of the molecule is Cc1ccccc1NC(=O)CN[C@H](c1ccc(F)cc1)c1cccs1. The summed E-state index contributed by atoms with van der Waals surface area (Å²) in [5.74, 6) is -0.385. The summed E-state index contributed by atoms with van der Waals surface area (Å²) in [6, 6.07) is 17.8. The van der Waals surface area contributed by atoms with Gasteiger partial charge in [0.15, 0.2) is 0 Å². The molecule has 1 atom stereocenters. The van der Waals surface area contributed by atoms with Gasteiger partial charge in [0.2, 0.25) is 5.91 Å². The molecule has 1 aromatic heterocycles. The van der Waals surface area contributed by atoms with Gasteiger partial charge in [0.05, 0.1) is 12.6 Å². The van der Waals surface area contributed by atoms with Crippen LogP contribution < -0.4 is 10.6 Å². The second-order valence-electron chi connectivity index (χ2n) is 5.74. The van der Waals surface area contributed by atoms with Crippen molar-refractivity contribution in [1.29, 1.82) is 0 Å². The van der Waals surface area contributed by atoms with Gasteiger partial charge < -0.3 is 5.32 Å². The molecule has 0 saturated carbocycles. The van der Waals surface area contributed by atoms with Crippen LogP contribution >= 0.6 is 11.3 Å². The number of aryl methyl sites for hydroxylation is 1. The summed E-state index contributed by atoms with van der Waals surface area (Å²) >= 11 is 1.60. The van der Waals surface area contributed by atoms with Gasteiger partial charge in [0.1, 0.15) is 5.82 Å². The molecule has 3 aromatic rings. The molecule has 0 bridgehead atoms. The lowest BCUT2D eigenvalue weighted by atomic mass is 10.1. The van der Waals surface area contributed by atoms with Crippen molar-refractivity contribution >= 4 is 22.9 Å². The van der Waals surface area contributed by atoms with Crippen LogP contribution in [-0.4, -0.2) is 12.5 Å². The highest BCUT2D eigenvalue weighted by molar-refractivity contribution is 7.10. The Kier molecular flexibility index (Phi) is 5.58. The van der Waals surface area contributed by atoms with E-state index in [1.807, 2.05) is 48.7 Å². The Labute approximate surface area is 150 Å². The first-order valence-corrected chi connectivity index (χ1v) is 8.89. The lowest BCUT2D eigenvalue weighted by Gasteiger charge is -2.18. The number of hydrogen-bond acceptors (Lipinski definition) is 3. The molecule has 25 heavy (non-hydrogen) atoms. The third-order valence-corrected chi connectivity index (χ3v) is 4.85. The van der Waals surface area contributed by atoms with Gasteiger partial charge >= 0.3 is 0 Å². The minimum absolute atomic E-state index is 0.113. The van der Waals surface area contributed by atoms with E-state index in [0.29, 0.717) is 0 Å². The second-order valence-corrected chi connectivity index (χ2v) is 6.72. The van der Waals surface area contributed by atoms with Crippen LogP contribution in [0.25, 0.3) is 0 Å². The number of anilines is 1. The predicted molar refractivity (Wildman–Crippen MR) is 100 cm³/mol. The van der Waals surface area contributed by atoms with Crippen molar-refractivity contribution in [3.63, 3.8) is 0 Å². The number of halogens is 1. The molecule has 0 aliphatic carbocycles. The number of hydrogen-bond donors (Lipinski definition) is 2. The summed E-state index contributed by atoms with van der Waals surface area (Å²) in [5.41, 5.74) is 2.75. The summed E-state index contributed by atoms with van der Waals surface area (Å²) in [6.45, 7) is 2.12. The van der Waals surface area contributed by atoms with Crippen molar-refractivity contribution < 1.29 is 9.18 Å². The highest BCUT2D eigenvalue weighted by atomic mass is 32.1. The first-order chi connectivity index (χ1) is 12.1. The number of rotatable bonds is 6. The number of carbonyl (C=O) groups excluding carboxylic acids is 1. The monoisotopic (exact) mass is 354 g/mol. The molecule has 5 heteroatoms. The summed E-state index contributed by atoms with van der Waals surface area (Å²) in [6.07, 6.45) is 0. The zero-order valence-corrected chi connectivity index (χ0v) is 14.6. The molecule has 0 aliphatic heterocycles. The Balaban J connectivity index is 1.70. The quantitative estimate of drug-likeness (QED) is 0.684. The van der Waals surface area contributed by atoms with E-state index in [1.54, 1.807) is 23.5 Å². The molecule has 1 heterocycles. The zero-order valence-electron chi connectivity index (χ0n) is 13.8. The van der Waals surface area contributed by atoms with Crippen LogP contribution in [0.15, 0.2) is 66.0 Å². The maximum Gasteiger partial charge on any atom is 0.238 e. The highest BCUT2D eigenvalue weighted by Crippen LogP contribution is 2.26. The van der Waals surface area contributed by atoms with Gasteiger partial charge in [0, 0.05) is 10.6 Å². The van der Waals surface area contributed by atoms with Crippen molar-refractivity contribution in [3.8, 4) is 0 Å². The topological polar surface area (TPSA) is 41.1 Å². The fourth-order valence-corrected chi connectivity index (χ4v) is 3.42. The number of thiophene rings is 1. The molecule has 128 valence electrons. The van der Waals surface area contributed by atoms with Gasteiger partial charge in [-0.1, -0.05) is 36.4 Å². The van der Waals surface area contributed by atoms with Crippen LogP contribution in [0.3, 0.4) is 0 Å². The average Bonchev–Trinajstić information content (AvgIpc) is 3.13. The highest BCUT2D eigenvalue weighted by Gasteiger charge is 2.16. The summed E-state index contributed by atoms with van der Waals surface area (Å²) in [4.78, 5) is 13.4. The first kappa shape index (κ1) is 17.3. The Morgan fingerprint density at radius 1 is 1.08 bits per heavy atom. The molecule has 2 N–H and O–H groups in total. The van der Waals surface area contributed by atoms with E-state index < -0.39 is 0 Å². The predicted octanol–water partition coefficient (Wildman–Crippen LogP) is 4.51. The molecule has 2 aromatic carbocycles. The fraction of sp³-hybridized carbons (Fsp3) is 0.150. The standard InChI is InChI=1S/C20H19FN2OS/c1-14-5-2-3-6-17(14)23-19(24)13-22-20(18-7-4-12-25-18)15-8-10-16(21)11-9-15/h2-12,20,22H,13H2,1H3,(H,23,24)/t20-/m1/s1. The Hall–Kier alpha value is -2.50. The van der Waals surface area contributed by atoms with Gasteiger partial charge in [0.25, 0.3) is 0 Å². The largest absolute Gasteiger partial charge is 0.325 e. The van der Waals surface area contributed by atoms with Crippen molar-refractivity contribution in [3.05, 3.63) is 87.9 Å². The molecule has 1 amide bonds. The summed E-state index contributed by atoms with van der Waals surface area (Å²) in [7, 11) is 0. The van der Waals surface area contributed by atoms with E-state index in [0.717, 1.165) is 21.7 Å². The number of nitrogens with one attached hydrogen (secondary N) is 2. The number of carbonyl (C=O) groups is 1. The van der Waals surface area contributed by atoms with E-state index >= 15 is 0 Å². The van der Waals surface area contributed by atoms with E-state index in [4.69, 9.17) is 0 Å². The Bertz CT molecular complexity index is 831. The number of amides is 1.